The number of fused-ring (bicyclic) bond motifs is 1. The average molecular weight is 227 g/mol. The molecule has 0 unspecified atom stereocenters. The predicted octanol–water partition coefficient (Wildman–Crippen LogP) is 2.87. The van der Waals surface area contributed by atoms with Gasteiger partial charge in [-0.1, -0.05) is 12.1 Å². The fourth-order valence-corrected chi connectivity index (χ4v) is 1.96. The van der Waals surface area contributed by atoms with Gasteiger partial charge in [-0.05, 0) is 31.2 Å². The maximum Gasteiger partial charge on any atom is 0.174 e. The highest BCUT2D eigenvalue weighted by Gasteiger charge is 2.12. The second-order valence-corrected chi connectivity index (χ2v) is 3.79. The van der Waals surface area contributed by atoms with Crippen LogP contribution < -0.4 is 0 Å². The van der Waals surface area contributed by atoms with Gasteiger partial charge in [0.25, 0.3) is 0 Å². The molecular formula is C13H10FN3. The van der Waals surface area contributed by atoms with Crippen LogP contribution >= 0.6 is 0 Å². The number of rotatable bonds is 1. The molecule has 2 heterocycles. The summed E-state index contributed by atoms with van der Waals surface area (Å²) in [6, 6.07) is 10.6. The molecule has 0 saturated carbocycles. The maximum atomic E-state index is 13.7. The first-order chi connectivity index (χ1) is 8.27. The molecule has 0 fully saturated rings. The Labute approximate surface area is 97.6 Å². The topological polar surface area (TPSA) is 30.7 Å². The van der Waals surface area contributed by atoms with Crippen molar-refractivity contribution in [1.82, 2.24) is 14.5 Å². The molecular weight excluding hydrogens is 217 g/mol. The minimum absolute atomic E-state index is 0.290. The average Bonchev–Trinajstić information content (AvgIpc) is 2.66. The Kier molecular flexibility index (Phi) is 2.14. The summed E-state index contributed by atoms with van der Waals surface area (Å²) in [7, 11) is 0. The molecule has 1 aromatic carbocycles. The lowest BCUT2D eigenvalue weighted by atomic mass is 10.3. The summed E-state index contributed by atoms with van der Waals surface area (Å²) in [5.41, 5.74) is 1.71. The van der Waals surface area contributed by atoms with Gasteiger partial charge in [-0.15, -0.1) is 0 Å². The number of aryl methyl sites for hydroxylation is 1. The highest BCUT2D eigenvalue weighted by Crippen LogP contribution is 2.21. The molecule has 17 heavy (non-hydrogen) atoms. The lowest BCUT2D eigenvalue weighted by molar-refractivity contribution is 0.609. The van der Waals surface area contributed by atoms with E-state index in [1.54, 1.807) is 16.8 Å². The molecule has 0 radical (unpaired) electrons. The van der Waals surface area contributed by atoms with Crippen molar-refractivity contribution >= 4 is 11.0 Å². The third-order valence-electron chi connectivity index (χ3n) is 2.68. The van der Waals surface area contributed by atoms with E-state index in [1.165, 1.54) is 6.07 Å². The third kappa shape index (κ3) is 1.49. The van der Waals surface area contributed by atoms with Crippen LogP contribution in [0.25, 0.3) is 16.9 Å². The summed E-state index contributed by atoms with van der Waals surface area (Å²) in [4.78, 5) is 8.47. The molecule has 0 N–H and O–H groups in total. The number of para-hydroxylation sites is 2. The van der Waals surface area contributed by atoms with Crippen LogP contribution in [0.4, 0.5) is 4.39 Å². The summed E-state index contributed by atoms with van der Waals surface area (Å²) in [6.45, 7) is 1.84. The van der Waals surface area contributed by atoms with Gasteiger partial charge in [-0.25, -0.2) is 14.4 Å². The number of hydrogen-bond acceptors (Lipinski definition) is 2. The van der Waals surface area contributed by atoms with Gasteiger partial charge in [0.15, 0.2) is 11.6 Å². The van der Waals surface area contributed by atoms with Gasteiger partial charge in [0.1, 0.15) is 5.82 Å². The molecule has 2 aromatic heterocycles. The van der Waals surface area contributed by atoms with Crippen molar-refractivity contribution in [2.75, 3.05) is 0 Å². The van der Waals surface area contributed by atoms with E-state index in [0.717, 1.165) is 16.9 Å². The van der Waals surface area contributed by atoms with Crippen molar-refractivity contribution in [3.8, 4) is 5.82 Å². The molecule has 0 spiro atoms. The lowest BCUT2D eigenvalue weighted by Crippen LogP contribution is -2.02. The number of halogens is 1. The molecule has 0 saturated heterocycles. The first kappa shape index (κ1) is 9.96. The molecule has 0 aliphatic rings. The van der Waals surface area contributed by atoms with Gasteiger partial charge in [-0.2, -0.15) is 0 Å². The lowest BCUT2D eigenvalue weighted by Gasteiger charge is -2.06. The van der Waals surface area contributed by atoms with Crippen LogP contribution in [0.15, 0.2) is 42.6 Å². The Morgan fingerprint density at radius 3 is 2.76 bits per heavy atom. The van der Waals surface area contributed by atoms with Gasteiger partial charge in [0, 0.05) is 6.20 Å². The zero-order chi connectivity index (χ0) is 11.8. The number of aromatic nitrogens is 3. The van der Waals surface area contributed by atoms with E-state index in [-0.39, 0.29) is 5.82 Å². The van der Waals surface area contributed by atoms with Gasteiger partial charge >= 0.3 is 0 Å². The molecule has 0 atom stereocenters. The van der Waals surface area contributed by atoms with Crippen molar-refractivity contribution < 1.29 is 4.39 Å². The smallest absolute Gasteiger partial charge is 0.174 e. The molecule has 3 rings (SSSR count). The van der Waals surface area contributed by atoms with E-state index in [0.29, 0.717) is 5.82 Å². The molecule has 84 valence electrons. The van der Waals surface area contributed by atoms with Crippen LogP contribution in [0.5, 0.6) is 0 Å². The Morgan fingerprint density at radius 2 is 1.94 bits per heavy atom. The molecule has 0 amide bonds. The van der Waals surface area contributed by atoms with E-state index in [4.69, 9.17) is 0 Å². The quantitative estimate of drug-likeness (QED) is 0.640. The van der Waals surface area contributed by atoms with Crippen molar-refractivity contribution in [2.45, 2.75) is 6.92 Å². The van der Waals surface area contributed by atoms with E-state index in [1.807, 2.05) is 31.2 Å². The second-order valence-electron chi connectivity index (χ2n) is 3.79. The van der Waals surface area contributed by atoms with Crippen LogP contribution in [0.1, 0.15) is 5.82 Å². The zero-order valence-corrected chi connectivity index (χ0v) is 9.26. The van der Waals surface area contributed by atoms with Crippen LogP contribution in [0.3, 0.4) is 0 Å². The van der Waals surface area contributed by atoms with Crippen molar-refractivity contribution in [2.24, 2.45) is 0 Å². The Balaban J connectivity index is 2.38. The summed E-state index contributed by atoms with van der Waals surface area (Å²) in [5.74, 6) is 0.668. The summed E-state index contributed by atoms with van der Waals surface area (Å²) in [6.07, 6.45) is 1.58. The predicted molar refractivity (Wildman–Crippen MR) is 63.6 cm³/mol. The van der Waals surface area contributed by atoms with E-state index in [9.17, 15) is 4.39 Å². The Bertz CT molecular complexity index is 688. The maximum absolute atomic E-state index is 13.7. The highest BCUT2D eigenvalue weighted by molar-refractivity contribution is 5.77. The molecule has 4 heteroatoms. The Hall–Kier alpha value is -2.23. The van der Waals surface area contributed by atoms with E-state index in [2.05, 4.69) is 9.97 Å². The van der Waals surface area contributed by atoms with E-state index < -0.39 is 0 Å². The minimum atomic E-state index is -0.348. The monoisotopic (exact) mass is 227 g/mol. The minimum Gasteiger partial charge on any atom is -0.278 e. The summed E-state index contributed by atoms with van der Waals surface area (Å²) in [5, 5.41) is 0. The zero-order valence-electron chi connectivity index (χ0n) is 9.26. The SMILES string of the molecule is Cc1nc2ccccc2n1-c1ncccc1F. The van der Waals surface area contributed by atoms with Gasteiger partial charge in [0.05, 0.1) is 11.0 Å². The van der Waals surface area contributed by atoms with Crippen LogP contribution in [-0.4, -0.2) is 14.5 Å². The molecule has 0 aliphatic heterocycles. The normalized spacial score (nSPS) is 10.9. The second kappa shape index (κ2) is 3.66. The number of hydrogen-bond donors (Lipinski definition) is 0. The number of benzene rings is 1. The van der Waals surface area contributed by atoms with E-state index >= 15 is 0 Å². The largest absolute Gasteiger partial charge is 0.278 e. The third-order valence-corrected chi connectivity index (χ3v) is 2.68. The molecule has 0 bridgehead atoms. The van der Waals surface area contributed by atoms with Crippen molar-refractivity contribution in [1.29, 1.82) is 0 Å². The fraction of sp³-hybridized carbons (Fsp3) is 0.0769. The van der Waals surface area contributed by atoms with Crippen LogP contribution in [0, 0.1) is 12.7 Å². The Morgan fingerprint density at radius 1 is 1.12 bits per heavy atom. The van der Waals surface area contributed by atoms with Gasteiger partial charge in [0.2, 0.25) is 0 Å². The van der Waals surface area contributed by atoms with Crippen molar-refractivity contribution in [3.05, 3.63) is 54.2 Å². The summed E-state index contributed by atoms with van der Waals surface area (Å²) < 4.78 is 15.5. The number of nitrogens with zero attached hydrogens (tertiary/aromatic N) is 3. The van der Waals surface area contributed by atoms with Gasteiger partial charge < -0.3 is 0 Å². The van der Waals surface area contributed by atoms with Crippen molar-refractivity contribution in [3.63, 3.8) is 0 Å². The first-order valence-electron chi connectivity index (χ1n) is 5.32. The number of pyridine rings is 1. The molecule has 0 aliphatic carbocycles. The highest BCUT2D eigenvalue weighted by atomic mass is 19.1. The first-order valence-corrected chi connectivity index (χ1v) is 5.32. The molecule has 3 nitrogen and oxygen atoms in total. The fourth-order valence-electron chi connectivity index (χ4n) is 1.96. The standard InChI is InChI=1S/C13H10FN3/c1-9-16-11-6-2-3-7-12(11)17(9)13-10(14)5-4-8-15-13/h2-8H,1H3. The van der Waals surface area contributed by atoms with Crippen LogP contribution in [-0.2, 0) is 0 Å². The summed E-state index contributed by atoms with van der Waals surface area (Å²) >= 11 is 0. The number of imidazole rings is 1. The van der Waals surface area contributed by atoms with Gasteiger partial charge in [-0.3, -0.25) is 4.57 Å². The van der Waals surface area contributed by atoms with Crippen LogP contribution in [0.2, 0.25) is 0 Å². The molecule has 3 aromatic rings.